The van der Waals surface area contributed by atoms with Crippen molar-refractivity contribution in [1.29, 1.82) is 0 Å². The maximum absolute atomic E-state index is 12.7. The largest absolute Gasteiger partial charge is 0.335 e. The molecule has 3 heteroatoms. The Morgan fingerprint density at radius 2 is 2.00 bits per heavy atom. The number of benzene rings is 1. The molecule has 104 valence electrons. The van der Waals surface area contributed by atoms with Gasteiger partial charge in [0.05, 0.1) is 5.41 Å². The Kier molecular flexibility index (Phi) is 4.25. The Morgan fingerprint density at radius 3 is 2.47 bits per heavy atom. The number of amides is 1. The minimum Gasteiger partial charge on any atom is -0.335 e. The zero-order chi connectivity index (χ0) is 13.9. The van der Waals surface area contributed by atoms with Crippen molar-refractivity contribution in [2.75, 3.05) is 6.54 Å². The second kappa shape index (κ2) is 5.74. The lowest BCUT2D eigenvalue weighted by Crippen LogP contribution is -2.44. The molecule has 1 amide bonds. The normalized spacial score (nSPS) is 17.8. The molecule has 0 aliphatic heterocycles. The molecule has 1 fully saturated rings. The first kappa shape index (κ1) is 14.1. The predicted octanol–water partition coefficient (Wildman–Crippen LogP) is 2.55. The summed E-state index contributed by atoms with van der Waals surface area (Å²) < 4.78 is 0. The van der Waals surface area contributed by atoms with Crippen molar-refractivity contribution in [2.24, 2.45) is 11.1 Å². The first-order valence-corrected chi connectivity index (χ1v) is 7.18. The fourth-order valence-corrected chi connectivity index (χ4v) is 2.39. The molecule has 0 aromatic heterocycles. The van der Waals surface area contributed by atoms with Crippen LogP contribution in [0.15, 0.2) is 30.3 Å². The molecule has 1 saturated carbocycles. The zero-order valence-electron chi connectivity index (χ0n) is 11.9. The summed E-state index contributed by atoms with van der Waals surface area (Å²) in [4.78, 5) is 14.7. The number of carbonyl (C=O) groups is 1. The van der Waals surface area contributed by atoms with Crippen LogP contribution in [0.5, 0.6) is 0 Å². The Bertz CT molecular complexity index is 426. The lowest BCUT2D eigenvalue weighted by molar-refractivity contribution is -0.139. The maximum atomic E-state index is 12.7. The summed E-state index contributed by atoms with van der Waals surface area (Å²) in [6.07, 6.45) is 2.87. The number of hydrogen-bond acceptors (Lipinski definition) is 2. The molecule has 1 aliphatic rings. The van der Waals surface area contributed by atoms with Crippen LogP contribution in [0.25, 0.3) is 0 Å². The summed E-state index contributed by atoms with van der Waals surface area (Å²) in [5.41, 5.74) is 6.73. The molecule has 0 saturated heterocycles. The molecule has 0 radical (unpaired) electrons. The lowest BCUT2D eigenvalue weighted by atomic mass is 10.0. The third-order valence-electron chi connectivity index (χ3n) is 4.28. The van der Waals surface area contributed by atoms with Gasteiger partial charge in [-0.15, -0.1) is 0 Å². The summed E-state index contributed by atoms with van der Waals surface area (Å²) in [6, 6.07) is 10.4. The minimum atomic E-state index is -0.252. The van der Waals surface area contributed by atoms with Crippen LogP contribution >= 0.6 is 0 Å². The monoisotopic (exact) mass is 260 g/mol. The van der Waals surface area contributed by atoms with Crippen LogP contribution in [0.4, 0.5) is 0 Å². The molecule has 2 N–H and O–H groups in total. The molecule has 1 atom stereocenters. The third-order valence-corrected chi connectivity index (χ3v) is 4.28. The molecule has 0 heterocycles. The van der Waals surface area contributed by atoms with Crippen molar-refractivity contribution in [2.45, 2.75) is 45.7 Å². The van der Waals surface area contributed by atoms with Gasteiger partial charge in [0.15, 0.2) is 0 Å². The summed E-state index contributed by atoms with van der Waals surface area (Å²) in [5.74, 6) is 0.244. The average Bonchev–Trinajstić information content (AvgIpc) is 3.25. The van der Waals surface area contributed by atoms with Crippen LogP contribution in [-0.2, 0) is 11.3 Å². The number of hydrogen-bond donors (Lipinski definition) is 1. The van der Waals surface area contributed by atoms with Crippen LogP contribution < -0.4 is 5.73 Å². The van der Waals surface area contributed by atoms with Crippen LogP contribution in [0.2, 0.25) is 0 Å². The summed E-state index contributed by atoms with van der Waals surface area (Å²) in [6.45, 7) is 5.41. The van der Waals surface area contributed by atoms with E-state index in [0.29, 0.717) is 13.1 Å². The third kappa shape index (κ3) is 2.98. The van der Waals surface area contributed by atoms with Crippen LogP contribution in [0.1, 0.15) is 38.7 Å². The fraction of sp³-hybridized carbons (Fsp3) is 0.562. The smallest absolute Gasteiger partial charge is 0.230 e. The number of nitrogens with two attached hydrogens (primary N) is 1. The van der Waals surface area contributed by atoms with Gasteiger partial charge in [-0.25, -0.2) is 0 Å². The van der Waals surface area contributed by atoms with Crippen molar-refractivity contribution >= 4 is 5.91 Å². The molecular weight excluding hydrogens is 236 g/mol. The van der Waals surface area contributed by atoms with Gasteiger partial charge in [0.25, 0.3) is 0 Å². The highest BCUT2D eigenvalue weighted by atomic mass is 16.2. The highest BCUT2D eigenvalue weighted by molar-refractivity contribution is 5.86. The number of nitrogens with zero attached hydrogens (tertiary/aromatic N) is 1. The molecule has 1 aromatic rings. The van der Waals surface area contributed by atoms with E-state index in [-0.39, 0.29) is 17.4 Å². The van der Waals surface area contributed by atoms with Crippen molar-refractivity contribution in [1.82, 2.24) is 4.90 Å². The Morgan fingerprint density at radius 1 is 1.37 bits per heavy atom. The summed E-state index contributed by atoms with van der Waals surface area (Å²) in [7, 11) is 0. The molecule has 1 unspecified atom stereocenters. The molecule has 1 aliphatic carbocycles. The predicted molar refractivity (Wildman–Crippen MR) is 77.5 cm³/mol. The van der Waals surface area contributed by atoms with Crippen LogP contribution in [-0.4, -0.2) is 23.4 Å². The highest BCUT2D eigenvalue weighted by Crippen LogP contribution is 2.46. The first-order chi connectivity index (χ1) is 9.13. The first-order valence-electron chi connectivity index (χ1n) is 7.18. The van der Waals surface area contributed by atoms with Crippen molar-refractivity contribution < 1.29 is 4.79 Å². The Labute approximate surface area is 115 Å². The lowest BCUT2D eigenvalue weighted by Gasteiger charge is -2.32. The van der Waals surface area contributed by atoms with Gasteiger partial charge in [-0.3, -0.25) is 4.79 Å². The second-order valence-electron chi connectivity index (χ2n) is 5.66. The summed E-state index contributed by atoms with van der Waals surface area (Å²) >= 11 is 0. The van der Waals surface area contributed by atoms with Crippen LogP contribution in [0.3, 0.4) is 0 Å². The summed E-state index contributed by atoms with van der Waals surface area (Å²) in [5, 5.41) is 0. The SMILES string of the molecule is CCC(C)N(Cc1ccccc1)C(=O)C1(CN)CC1. The second-order valence-corrected chi connectivity index (χ2v) is 5.66. The van der Waals surface area contributed by atoms with Gasteiger partial charge >= 0.3 is 0 Å². The van der Waals surface area contributed by atoms with Gasteiger partial charge < -0.3 is 10.6 Å². The standard InChI is InChI=1S/C16H24N2O/c1-3-13(2)18(11-14-7-5-4-6-8-14)15(19)16(12-17)9-10-16/h4-8,13H,3,9-12,17H2,1-2H3. The average molecular weight is 260 g/mol. The van der Waals surface area contributed by atoms with Gasteiger partial charge in [-0.05, 0) is 31.7 Å². The Hall–Kier alpha value is -1.35. The molecular formula is C16H24N2O. The van der Waals surface area contributed by atoms with E-state index >= 15 is 0 Å². The van der Waals surface area contributed by atoms with Gasteiger partial charge in [0.1, 0.15) is 0 Å². The van der Waals surface area contributed by atoms with E-state index in [2.05, 4.69) is 26.0 Å². The molecule has 2 rings (SSSR count). The van der Waals surface area contributed by atoms with E-state index in [9.17, 15) is 4.79 Å². The molecule has 3 nitrogen and oxygen atoms in total. The quantitative estimate of drug-likeness (QED) is 0.854. The van der Waals surface area contributed by atoms with Gasteiger partial charge in [-0.1, -0.05) is 37.3 Å². The van der Waals surface area contributed by atoms with E-state index in [1.54, 1.807) is 0 Å². The Balaban J connectivity index is 2.15. The topological polar surface area (TPSA) is 46.3 Å². The van der Waals surface area contributed by atoms with Crippen LogP contribution in [0, 0.1) is 5.41 Å². The van der Waals surface area contributed by atoms with E-state index in [1.165, 1.54) is 5.56 Å². The maximum Gasteiger partial charge on any atom is 0.230 e. The van der Waals surface area contributed by atoms with Gasteiger partial charge in [0, 0.05) is 19.1 Å². The van der Waals surface area contributed by atoms with E-state index in [4.69, 9.17) is 5.73 Å². The van der Waals surface area contributed by atoms with Crippen molar-refractivity contribution in [3.05, 3.63) is 35.9 Å². The fourth-order valence-electron chi connectivity index (χ4n) is 2.39. The number of carbonyl (C=O) groups excluding carboxylic acids is 1. The van der Waals surface area contributed by atoms with E-state index in [0.717, 1.165) is 19.3 Å². The van der Waals surface area contributed by atoms with Gasteiger partial charge in [0.2, 0.25) is 5.91 Å². The molecule has 1 aromatic carbocycles. The highest BCUT2D eigenvalue weighted by Gasteiger charge is 2.50. The molecule has 0 spiro atoms. The van der Waals surface area contributed by atoms with Gasteiger partial charge in [-0.2, -0.15) is 0 Å². The minimum absolute atomic E-state index is 0.244. The van der Waals surface area contributed by atoms with E-state index < -0.39 is 0 Å². The number of rotatable bonds is 6. The zero-order valence-corrected chi connectivity index (χ0v) is 11.9. The molecule has 19 heavy (non-hydrogen) atoms. The van der Waals surface area contributed by atoms with E-state index in [1.807, 2.05) is 23.1 Å². The van der Waals surface area contributed by atoms with Crippen molar-refractivity contribution in [3.8, 4) is 0 Å². The van der Waals surface area contributed by atoms with Crippen molar-refractivity contribution in [3.63, 3.8) is 0 Å². The molecule has 0 bridgehead atoms.